The van der Waals surface area contributed by atoms with Gasteiger partial charge in [0.05, 0.1) is 11.0 Å². The van der Waals surface area contributed by atoms with Crippen molar-refractivity contribution in [3.63, 3.8) is 0 Å². The third-order valence-electron chi connectivity index (χ3n) is 4.17. The zero-order valence-electron chi connectivity index (χ0n) is 13.6. The Morgan fingerprint density at radius 1 is 1.09 bits per heavy atom. The second kappa shape index (κ2) is 6.32. The molecule has 3 nitrogen and oxygen atoms in total. The van der Waals surface area contributed by atoms with Crippen molar-refractivity contribution in [1.82, 2.24) is 14.9 Å². The Bertz CT molecular complexity index is 786. The van der Waals surface area contributed by atoms with Crippen molar-refractivity contribution < 1.29 is 0 Å². The molecule has 0 aliphatic carbocycles. The van der Waals surface area contributed by atoms with E-state index >= 15 is 0 Å². The van der Waals surface area contributed by atoms with Gasteiger partial charge in [0.1, 0.15) is 5.82 Å². The van der Waals surface area contributed by atoms with E-state index in [1.54, 1.807) is 0 Å². The average molecular weight is 293 g/mol. The molecule has 22 heavy (non-hydrogen) atoms. The first-order chi connectivity index (χ1) is 10.7. The summed E-state index contributed by atoms with van der Waals surface area (Å²) in [5, 5.41) is 3.22. The second-order valence-electron chi connectivity index (χ2n) is 5.89. The standard InChI is InChI=1S/C19H23N3/c1-14-8-9-18-17(12-14)21-19(10-11-20-3)22(18)13-16-7-5-4-6-15(16)2/h4-9,12,20H,10-11,13H2,1-3H3. The molecule has 3 heteroatoms. The maximum Gasteiger partial charge on any atom is 0.111 e. The van der Waals surface area contributed by atoms with Gasteiger partial charge in [-0.1, -0.05) is 30.3 Å². The Kier molecular flexibility index (Phi) is 4.25. The minimum absolute atomic E-state index is 0.880. The molecule has 1 N–H and O–H groups in total. The smallest absolute Gasteiger partial charge is 0.111 e. The number of likely N-dealkylation sites (N-methyl/N-ethyl adjacent to an activating group) is 1. The van der Waals surface area contributed by atoms with Gasteiger partial charge in [-0.25, -0.2) is 4.98 Å². The first-order valence-corrected chi connectivity index (χ1v) is 7.84. The third-order valence-corrected chi connectivity index (χ3v) is 4.17. The van der Waals surface area contributed by atoms with Crippen LogP contribution in [-0.2, 0) is 13.0 Å². The van der Waals surface area contributed by atoms with Crippen LogP contribution >= 0.6 is 0 Å². The Labute approximate surface area is 132 Å². The summed E-state index contributed by atoms with van der Waals surface area (Å²) < 4.78 is 2.36. The lowest BCUT2D eigenvalue weighted by Crippen LogP contribution is -2.14. The van der Waals surface area contributed by atoms with Crippen molar-refractivity contribution in [1.29, 1.82) is 0 Å². The predicted molar refractivity (Wildman–Crippen MR) is 92.4 cm³/mol. The van der Waals surface area contributed by atoms with Crippen molar-refractivity contribution in [3.8, 4) is 0 Å². The Morgan fingerprint density at radius 3 is 2.68 bits per heavy atom. The minimum Gasteiger partial charge on any atom is -0.323 e. The van der Waals surface area contributed by atoms with Crippen LogP contribution in [0.5, 0.6) is 0 Å². The summed E-state index contributed by atoms with van der Waals surface area (Å²) >= 11 is 0. The Hall–Kier alpha value is -2.13. The van der Waals surface area contributed by atoms with Crippen LogP contribution in [-0.4, -0.2) is 23.1 Å². The number of benzene rings is 2. The number of fused-ring (bicyclic) bond motifs is 1. The van der Waals surface area contributed by atoms with Gasteiger partial charge >= 0.3 is 0 Å². The number of hydrogen-bond donors (Lipinski definition) is 1. The summed E-state index contributed by atoms with van der Waals surface area (Å²) in [5.41, 5.74) is 6.26. The van der Waals surface area contributed by atoms with Gasteiger partial charge in [-0.05, 0) is 49.7 Å². The lowest BCUT2D eigenvalue weighted by Gasteiger charge is -2.11. The van der Waals surface area contributed by atoms with E-state index in [0.29, 0.717) is 0 Å². The first kappa shape index (κ1) is 14.8. The molecule has 0 amide bonds. The minimum atomic E-state index is 0.880. The van der Waals surface area contributed by atoms with Gasteiger partial charge in [-0.2, -0.15) is 0 Å². The van der Waals surface area contributed by atoms with Crippen LogP contribution in [0.4, 0.5) is 0 Å². The highest BCUT2D eigenvalue weighted by Gasteiger charge is 2.11. The number of aromatic nitrogens is 2. The fraction of sp³-hybridized carbons (Fsp3) is 0.316. The number of imidazole rings is 1. The van der Waals surface area contributed by atoms with Crippen LogP contribution in [0, 0.1) is 13.8 Å². The lowest BCUT2D eigenvalue weighted by atomic mass is 10.1. The highest BCUT2D eigenvalue weighted by molar-refractivity contribution is 5.77. The van der Waals surface area contributed by atoms with Gasteiger partial charge in [-0.3, -0.25) is 0 Å². The molecule has 0 saturated heterocycles. The summed E-state index contributed by atoms with van der Waals surface area (Å²) in [6.45, 7) is 6.11. The van der Waals surface area contributed by atoms with E-state index in [1.807, 2.05) is 7.05 Å². The predicted octanol–water partition coefficient (Wildman–Crippen LogP) is 3.46. The molecule has 114 valence electrons. The van der Waals surface area contributed by atoms with Gasteiger partial charge in [0.25, 0.3) is 0 Å². The molecule has 2 aromatic carbocycles. The molecule has 0 unspecified atom stereocenters. The van der Waals surface area contributed by atoms with Crippen molar-refractivity contribution in [2.45, 2.75) is 26.8 Å². The summed E-state index contributed by atoms with van der Waals surface area (Å²) in [5.74, 6) is 1.15. The Balaban J connectivity index is 2.07. The molecule has 1 aromatic heterocycles. The van der Waals surface area contributed by atoms with Crippen LogP contribution in [0.1, 0.15) is 22.5 Å². The fourth-order valence-electron chi connectivity index (χ4n) is 2.85. The van der Waals surface area contributed by atoms with Crippen molar-refractivity contribution in [2.75, 3.05) is 13.6 Å². The number of nitrogens with zero attached hydrogens (tertiary/aromatic N) is 2. The number of hydrogen-bond acceptors (Lipinski definition) is 2. The molecule has 3 rings (SSSR count). The molecule has 0 spiro atoms. The fourth-order valence-corrected chi connectivity index (χ4v) is 2.85. The van der Waals surface area contributed by atoms with E-state index in [9.17, 15) is 0 Å². The first-order valence-electron chi connectivity index (χ1n) is 7.84. The average Bonchev–Trinajstić information content (AvgIpc) is 2.84. The SMILES string of the molecule is CNCCc1nc2cc(C)ccc2n1Cc1ccccc1C. The molecule has 0 fully saturated rings. The lowest BCUT2D eigenvalue weighted by molar-refractivity contribution is 0.694. The highest BCUT2D eigenvalue weighted by atomic mass is 15.1. The van der Waals surface area contributed by atoms with Gasteiger partial charge in [0.2, 0.25) is 0 Å². The van der Waals surface area contributed by atoms with E-state index < -0.39 is 0 Å². The van der Waals surface area contributed by atoms with Crippen LogP contribution in [0.3, 0.4) is 0 Å². The zero-order chi connectivity index (χ0) is 15.5. The van der Waals surface area contributed by atoms with Gasteiger partial charge in [0, 0.05) is 19.5 Å². The topological polar surface area (TPSA) is 29.9 Å². The van der Waals surface area contributed by atoms with Gasteiger partial charge < -0.3 is 9.88 Å². The quantitative estimate of drug-likeness (QED) is 0.780. The molecule has 0 aliphatic rings. The largest absolute Gasteiger partial charge is 0.323 e. The van der Waals surface area contributed by atoms with Crippen LogP contribution in [0.2, 0.25) is 0 Å². The summed E-state index contributed by atoms with van der Waals surface area (Å²) in [6, 6.07) is 15.1. The number of rotatable bonds is 5. The van der Waals surface area contributed by atoms with E-state index in [4.69, 9.17) is 4.98 Å². The van der Waals surface area contributed by atoms with E-state index in [0.717, 1.165) is 30.9 Å². The van der Waals surface area contributed by atoms with E-state index in [-0.39, 0.29) is 0 Å². The van der Waals surface area contributed by atoms with Crippen molar-refractivity contribution in [3.05, 3.63) is 65.0 Å². The summed E-state index contributed by atoms with van der Waals surface area (Å²) in [7, 11) is 1.98. The molecular formula is C19H23N3. The third kappa shape index (κ3) is 2.90. The van der Waals surface area contributed by atoms with E-state index in [2.05, 4.69) is 66.2 Å². The zero-order valence-corrected chi connectivity index (χ0v) is 13.6. The van der Waals surface area contributed by atoms with Crippen molar-refractivity contribution in [2.24, 2.45) is 0 Å². The Morgan fingerprint density at radius 2 is 1.91 bits per heavy atom. The summed E-state index contributed by atoms with van der Waals surface area (Å²) in [4.78, 5) is 4.86. The van der Waals surface area contributed by atoms with Crippen LogP contribution in [0.15, 0.2) is 42.5 Å². The molecule has 1 heterocycles. The maximum atomic E-state index is 4.86. The second-order valence-corrected chi connectivity index (χ2v) is 5.89. The molecule has 0 saturated carbocycles. The summed E-state index contributed by atoms with van der Waals surface area (Å²) in [6.07, 6.45) is 0.941. The van der Waals surface area contributed by atoms with E-state index in [1.165, 1.54) is 22.2 Å². The number of aryl methyl sites for hydroxylation is 2. The van der Waals surface area contributed by atoms with Gasteiger partial charge in [-0.15, -0.1) is 0 Å². The molecule has 0 bridgehead atoms. The number of nitrogens with one attached hydrogen (secondary N) is 1. The molecular weight excluding hydrogens is 270 g/mol. The maximum absolute atomic E-state index is 4.86. The molecule has 0 atom stereocenters. The molecule has 0 aliphatic heterocycles. The molecule has 0 radical (unpaired) electrons. The monoisotopic (exact) mass is 293 g/mol. The van der Waals surface area contributed by atoms with Crippen molar-refractivity contribution >= 4 is 11.0 Å². The van der Waals surface area contributed by atoms with Crippen LogP contribution in [0.25, 0.3) is 11.0 Å². The normalized spacial score (nSPS) is 11.2. The van der Waals surface area contributed by atoms with Gasteiger partial charge in [0.15, 0.2) is 0 Å². The van der Waals surface area contributed by atoms with Crippen LogP contribution < -0.4 is 5.32 Å². The molecule has 3 aromatic rings. The highest BCUT2D eigenvalue weighted by Crippen LogP contribution is 2.21.